The lowest BCUT2D eigenvalue weighted by Gasteiger charge is -2.02. The number of fused-ring (bicyclic) bond motifs is 1. The van der Waals surface area contributed by atoms with Crippen LogP contribution in [-0.2, 0) is 6.54 Å². The molecule has 0 saturated heterocycles. The topological polar surface area (TPSA) is 54.9 Å². The molecule has 4 nitrogen and oxygen atoms in total. The van der Waals surface area contributed by atoms with Gasteiger partial charge in [-0.3, -0.25) is 9.36 Å². The first-order valence-electron chi connectivity index (χ1n) is 4.96. The maximum absolute atomic E-state index is 11.9. The predicted octanol–water partition coefficient (Wildman–Crippen LogP) is 1.16. The molecule has 2 aromatic rings. The molecule has 3 rings (SSSR count). The molecule has 0 unspecified atom stereocenters. The van der Waals surface area contributed by atoms with Crippen LogP contribution in [0.5, 0.6) is 0 Å². The summed E-state index contributed by atoms with van der Waals surface area (Å²) in [7, 11) is 0. The van der Waals surface area contributed by atoms with Gasteiger partial charge in [-0.1, -0.05) is 0 Å². The fourth-order valence-electron chi connectivity index (χ4n) is 1.70. The molecule has 0 bridgehead atoms. The van der Waals surface area contributed by atoms with Crippen molar-refractivity contribution in [2.75, 3.05) is 0 Å². The average Bonchev–Trinajstić information content (AvgIpc) is 2.90. The fourth-order valence-corrected chi connectivity index (χ4v) is 2.49. The van der Waals surface area contributed by atoms with Crippen molar-refractivity contribution < 1.29 is 0 Å². The summed E-state index contributed by atoms with van der Waals surface area (Å²) in [5.74, 6) is 0.529. The van der Waals surface area contributed by atoms with Gasteiger partial charge in [-0.2, -0.15) is 0 Å². The lowest BCUT2D eigenvalue weighted by molar-refractivity contribution is 0.582. The zero-order valence-electron chi connectivity index (χ0n) is 8.03. The monoisotopic (exact) mass is 222 g/mol. The van der Waals surface area contributed by atoms with E-state index in [-0.39, 0.29) is 11.2 Å². The highest BCUT2D eigenvalue weighted by atomic mass is 32.1. The lowest BCUT2D eigenvalue weighted by Crippen LogP contribution is -2.35. The summed E-state index contributed by atoms with van der Waals surface area (Å²) in [6, 6.07) is 1.77. The van der Waals surface area contributed by atoms with Crippen LogP contribution in [0.4, 0.5) is 0 Å². The summed E-state index contributed by atoms with van der Waals surface area (Å²) >= 11 is 1.38. The molecule has 15 heavy (non-hydrogen) atoms. The Bertz CT molecular complexity index is 618. The molecule has 0 aromatic carbocycles. The molecular formula is C10H10N2O2S. The lowest BCUT2D eigenvalue weighted by atomic mass is 10.4. The molecule has 0 atom stereocenters. The summed E-state index contributed by atoms with van der Waals surface area (Å²) in [6.07, 6.45) is 2.27. The van der Waals surface area contributed by atoms with Gasteiger partial charge in [0.25, 0.3) is 5.56 Å². The normalized spacial score (nSPS) is 16.0. The summed E-state index contributed by atoms with van der Waals surface area (Å²) in [5.41, 5.74) is 0.232. The minimum absolute atomic E-state index is 0.143. The molecule has 1 N–H and O–H groups in total. The Balaban J connectivity index is 2.26. The maximum atomic E-state index is 11.9. The van der Waals surface area contributed by atoms with Crippen molar-refractivity contribution in [3.05, 3.63) is 32.3 Å². The van der Waals surface area contributed by atoms with Crippen molar-refractivity contribution >= 4 is 21.6 Å². The van der Waals surface area contributed by atoms with Crippen LogP contribution in [0, 0.1) is 5.92 Å². The molecule has 5 heteroatoms. The third kappa shape index (κ3) is 1.43. The second-order valence-electron chi connectivity index (χ2n) is 3.95. The Hall–Kier alpha value is -1.36. The van der Waals surface area contributed by atoms with Crippen molar-refractivity contribution in [2.45, 2.75) is 19.4 Å². The number of aromatic amines is 1. The van der Waals surface area contributed by atoms with Crippen LogP contribution in [0.3, 0.4) is 0 Å². The molecule has 1 aliphatic carbocycles. The maximum Gasteiger partial charge on any atom is 0.328 e. The third-order valence-electron chi connectivity index (χ3n) is 2.73. The number of thiophene rings is 1. The van der Waals surface area contributed by atoms with Crippen LogP contribution in [0.15, 0.2) is 21.0 Å². The smallest absolute Gasteiger partial charge is 0.306 e. The number of nitrogens with one attached hydrogen (secondary N) is 1. The van der Waals surface area contributed by atoms with E-state index in [1.54, 1.807) is 6.07 Å². The summed E-state index contributed by atoms with van der Waals surface area (Å²) in [6.45, 7) is 0.571. The zero-order valence-corrected chi connectivity index (χ0v) is 8.84. The molecular weight excluding hydrogens is 212 g/mol. The van der Waals surface area contributed by atoms with Gasteiger partial charge in [-0.25, -0.2) is 4.79 Å². The first kappa shape index (κ1) is 8.91. The second kappa shape index (κ2) is 3.06. The summed E-state index contributed by atoms with van der Waals surface area (Å²) in [4.78, 5) is 26.3. The SMILES string of the molecule is O=c1[nH]c2ccsc2c(=O)n1CC1CC1. The molecule has 0 radical (unpaired) electrons. The van der Waals surface area contributed by atoms with E-state index in [1.165, 1.54) is 15.9 Å². The van der Waals surface area contributed by atoms with E-state index in [2.05, 4.69) is 4.98 Å². The first-order chi connectivity index (χ1) is 7.25. The minimum Gasteiger partial charge on any atom is -0.306 e. The van der Waals surface area contributed by atoms with E-state index in [9.17, 15) is 9.59 Å². The average molecular weight is 222 g/mol. The van der Waals surface area contributed by atoms with Gasteiger partial charge >= 0.3 is 5.69 Å². The van der Waals surface area contributed by atoms with Crippen LogP contribution in [-0.4, -0.2) is 9.55 Å². The first-order valence-corrected chi connectivity index (χ1v) is 5.84. The van der Waals surface area contributed by atoms with E-state index in [0.717, 1.165) is 12.8 Å². The van der Waals surface area contributed by atoms with E-state index in [4.69, 9.17) is 0 Å². The van der Waals surface area contributed by atoms with Crippen molar-refractivity contribution in [2.24, 2.45) is 5.92 Å². The summed E-state index contributed by atoms with van der Waals surface area (Å²) < 4.78 is 1.98. The standard InChI is InChI=1S/C10H10N2O2S/c13-9-8-7(3-4-15-8)11-10(14)12(9)5-6-1-2-6/h3-4,6H,1-2,5H2,(H,11,14). The van der Waals surface area contributed by atoms with E-state index >= 15 is 0 Å². The molecule has 78 valence electrons. The molecule has 2 aromatic heterocycles. The molecule has 0 aliphatic heterocycles. The van der Waals surface area contributed by atoms with Crippen LogP contribution in [0.1, 0.15) is 12.8 Å². The Morgan fingerprint density at radius 2 is 2.27 bits per heavy atom. The Kier molecular flexibility index (Phi) is 1.82. The molecule has 0 amide bonds. The Morgan fingerprint density at radius 1 is 1.47 bits per heavy atom. The number of H-pyrrole nitrogens is 1. The highest BCUT2D eigenvalue weighted by Crippen LogP contribution is 2.29. The van der Waals surface area contributed by atoms with Gasteiger partial charge in [0.1, 0.15) is 4.70 Å². The number of rotatable bonds is 2. The number of hydrogen-bond acceptors (Lipinski definition) is 3. The van der Waals surface area contributed by atoms with Crippen molar-refractivity contribution in [3.8, 4) is 0 Å². The van der Waals surface area contributed by atoms with Gasteiger partial charge in [0.2, 0.25) is 0 Å². The Morgan fingerprint density at radius 3 is 3.00 bits per heavy atom. The summed E-state index contributed by atoms with van der Waals surface area (Å²) in [5, 5.41) is 1.82. The van der Waals surface area contributed by atoms with Gasteiger partial charge in [0, 0.05) is 6.54 Å². The molecule has 1 saturated carbocycles. The van der Waals surface area contributed by atoms with E-state index in [0.29, 0.717) is 22.7 Å². The fraction of sp³-hybridized carbons (Fsp3) is 0.400. The highest BCUT2D eigenvalue weighted by molar-refractivity contribution is 7.17. The zero-order chi connectivity index (χ0) is 10.4. The van der Waals surface area contributed by atoms with Crippen LogP contribution in [0.2, 0.25) is 0 Å². The van der Waals surface area contributed by atoms with Crippen molar-refractivity contribution in [1.82, 2.24) is 9.55 Å². The Labute approximate surface area is 89.2 Å². The minimum atomic E-state index is -0.280. The quantitative estimate of drug-likeness (QED) is 0.829. The predicted molar refractivity (Wildman–Crippen MR) is 59.4 cm³/mol. The van der Waals surface area contributed by atoms with Crippen molar-refractivity contribution in [1.29, 1.82) is 0 Å². The van der Waals surface area contributed by atoms with Gasteiger partial charge in [0.05, 0.1) is 5.52 Å². The van der Waals surface area contributed by atoms with Crippen LogP contribution >= 0.6 is 11.3 Å². The second-order valence-corrected chi connectivity index (χ2v) is 4.87. The number of aromatic nitrogens is 2. The van der Waals surface area contributed by atoms with Gasteiger partial charge in [0.15, 0.2) is 0 Å². The molecule has 1 fully saturated rings. The van der Waals surface area contributed by atoms with Crippen LogP contribution in [0.25, 0.3) is 10.2 Å². The van der Waals surface area contributed by atoms with E-state index < -0.39 is 0 Å². The number of nitrogens with zero attached hydrogens (tertiary/aromatic N) is 1. The van der Waals surface area contributed by atoms with Gasteiger partial charge in [-0.05, 0) is 30.2 Å². The molecule has 2 heterocycles. The van der Waals surface area contributed by atoms with Crippen LogP contribution < -0.4 is 11.2 Å². The number of hydrogen-bond donors (Lipinski definition) is 1. The molecule has 1 aliphatic rings. The van der Waals surface area contributed by atoms with E-state index in [1.807, 2.05) is 5.38 Å². The van der Waals surface area contributed by atoms with Gasteiger partial charge < -0.3 is 4.98 Å². The third-order valence-corrected chi connectivity index (χ3v) is 3.63. The molecule has 0 spiro atoms. The largest absolute Gasteiger partial charge is 0.328 e. The highest BCUT2D eigenvalue weighted by Gasteiger charge is 2.23. The van der Waals surface area contributed by atoms with Gasteiger partial charge in [-0.15, -0.1) is 11.3 Å². The van der Waals surface area contributed by atoms with Crippen molar-refractivity contribution in [3.63, 3.8) is 0 Å².